The zero-order valence-corrected chi connectivity index (χ0v) is 9.66. The van der Waals surface area contributed by atoms with Gasteiger partial charge in [0.2, 0.25) is 0 Å². The fraction of sp³-hybridized carbons (Fsp3) is 0.0769. The second-order valence-electron chi connectivity index (χ2n) is 3.44. The van der Waals surface area contributed by atoms with Gasteiger partial charge in [-0.2, -0.15) is 0 Å². The van der Waals surface area contributed by atoms with Crippen molar-refractivity contribution in [2.24, 2.45) is 0 Å². The molecule has 0 radical (unpaired) electrons. The number of halogens is 1. The van der Waals surface area contributed by atoms with E-state index in [9.17, 15) is 0 Å². The minimum Gasteiger partial charge on any atom is -0.496 e. The van der Waals surface area contributed by atoms with E-state index in [1.807, 2.05) is 42.5 Å². The number of nitrogen functional groups attached to an aromatic ring is 1. The van der Waals surface area contributed by atoms with Crippen molar-refractivity contribution >= 4 is 17.3 Å². The zero-order chi connectivity index (χ0) is 11.5. The Morgan fingerprint density at radius 1 is 1.06 bits per heavy atom. The first-order valence-electron chi connectivity index (χ1n) is 4.91. The molecular formula is C13H12ClNO. The van der Waals surface area contributed by atoms with E-state index in [0.29, 0.717) is 5.02 Å². The van der Waals surface area contributed by atoms with E-state index in [1.54, 1.807) is 7.11 Å². The van der Waals surface area contributed by atoms with Gasteiger partial charge in [0.05, 0.1) is 12.1 Å². The first kappa shape index (κ1) is 10.8. The van der Waals surface area contributed by atoms with Crippen LogP contribution < -0.4 is 10.5 Å². The molecule has 2 rings (SSSR count). The lowest BCUT2D eigenvalue weighted by Gasteiger charge is -2.10. The van der Waals surface area contributed by atoms with E-state index in [0.717, 1.165) is 22.6 Å². The van der Waals surface area contributed by atoms with E-state index in [4.69, 9.17) is 22.1 Å². The molecule has 0 bridgehead atoms. The van der Waals surface area contributed by atoms with Gasteiger partial charge in [0.1, 0.15) is 5.75 Å². The predicted molar refractivity (Wildman–Crippen MR) is 67.9 cm³/mol. The van der Waals surface area contributed by atoms with Crippen LogP contribution in [0, 0.1) is 0 Å². The number of nitrogens with two attached hydrogens (primary N) is 1. The van der Waals surface area contributed by atoms with Gasteiger partial charge in [0.25, 0.3) is 0 Å². The second kappa shape index (κ2) is 4.45. The normalized spacial score (nSPS) is 10.1. The highest BCUT2D eigenvalue weighted by Gasteiger charge is 2.09. The molecule has 2 aromatic carbocycles. The van der Waals surface area contributed by atoms with Gasteiger partial charge < -0.3 is 10.5 Å². The van der Waals surface area contributed by atoms with Crippen molar-refractivity contribution in [1.29, 1.82) is 0 Å². The lowest BCUT2D eigenvalue weighted by molar-refractivity contribution is 0.416. The van der Waals surface area contributed by atoms with Crippen LogP contribution in [-0.4, -0.2) is 7.11 Å². The maximum absolute atomic E-state index is 6.17. The molecule has 0 spiro atoms. The molecule has 0 fully saturated rings. The Balaban J connectivity index is 2.58. The van der Waals surface area contributed by atoms with Crippen molar-refractivity contribution in [3.8, 4) is 16.9 Å². The van der Waals surface area contributed by atoms with Gasteiger partial charge in [-0.1, -0.05) is 29.8 Å². The number of hydrogen-bond donors (Lipinski definition) is 1. The van der Waals surface area contributed by atoms with Gasteiger partial charge in [0.15, 0.2) is 0 Å². The Hall–Kier alpha value is -1.67. The quantitative estimate of drug-likeness (QED) is 0.805. The zero-order valence-electron chi connectivity index (χ0n) is 8.91. The molecule has 0 heterocycles. The molecule has 0 saturated carbocycles. The molecular weight excluding hydrogens is 222 g/mol. The van der Waals surface area contributed by atoms with Crippen molar-refractivity contribution in [1.82, 2.24) is 0 Å². The Morgan fingerprint density at radius 3 is 2.38 bits per heavy atom. The van der Waals surface area contributed by atoms with Crippen molar-refractivity contribution in [2.75, 3.05) is 12.8 Å². The van der Waals surface area contributed by atoms with E-state index in [1.165, 1.54) is 0 Å². The van der Waals surface area contributed by atoms with Crippen molar-refractivity contribution in [3.63, 3.8) is 0 Å². The average molecular weight is 234 g/mol. The molecule has 0 aliphatic rings. The Morgan fingerprint density at radius 2 is 1.75 bits per heavy atom. The minimum absolute atomic E-state index is 0.670. The SMILES string of the molecule is COc1cccc(Cl)c1-c1ccc(N)cc1. The molecule has 0 unspecified atom stereocenters. The second-order valence-corrected chi connectivity index (χ2v) is 3.85. The van der Waals surface area contributed by atoms with Crippen LogP contribution in [0.5, 0.6) is 5.75 Å². The molecule has 82 valence electrons. The third-order valence-electron chi connectivity index (χ3n) is 2.39. The predicted octanol–water partition coefficient (Wildman–Crippen LogP) is 3.60. The molecule has 0 saturated heterocycles. The van der Waals surface area contributed by atoms with Crippen LogP contribution in [0.15, 0.2) is 42.5 Å². The first-order chi connectivity index (χ1) is 7.72. The lowest BCUT2D eigenvalue weighted by atomic mass is 10.0. The molecule has 0 amide bonds. The summed E-state index contributed by atoms with van der Waals surface area (Å²) in [6.07, 6.45) is 0. The molecule has 0 aliphatic heterocycles. The summed E-state index contributed by atoms with van der Waals surface area (Å²) in [6.45, 7) is 0. The van der Waals surface area contributed by atoms with Crippen LogP contribution in [0.2, 0.25) is 5.02 Å². The molecule has 0 aromatic heterocycles. The average Bonchev–Trinajstić information content (AvgIpc) is 2.30. The highest BCUT2D eigenvalue weighted by atomic mass is 35.5. The number of hydrogen-bond acceptors (Lipinski definition) is 2. The number of rotatable bonds is 2. The van der Waals surface area contributed by atoms with Gasteiger partial charge in [-0.05, 0) is 29.8 Å². The first-order valence-corrected chi connectivity index (χ1v) is 5.28. The highest BCUT2D eigenvalue weighted by Crippen LogP contribution is 2.36. The molecule has 0 aliphatic carbocycles. The monoisotopic (exact) mass is 233 g/mol. The van der Waals surface area contributed by atoms with Crippen LogP contribution >= 0.6 is 11.6 Å². The van der Waals surface area contributed by atoms with Gasteiger partial charge in [0, 0.05) is 11.3 Å². The van der Waals surface area contributed by atoms with Crippen molar-refractivity contribution in [3.05, 3.63) is 47.5 Å². The van der Waals surface area contributed by atoms with Gasteiger partial charge >= 0.3 is 0 Å². The van der Waals surface area contributed by atoms with Crippen molar-refractivity contribution < 1.29 is 4.74 Å². The number of benzene rings is 2. The summed E-state index contributed by atoms with van der Waals surface area (Å²) in [6, 6.07) is 13.1. The summed E-state index contributed by atoms with van der Waals surface area (Å²) in [5.41, 5.74) is 8.27. The molecule has 3 heteroatoms. The van der Waals surface area contributed by atoms with Crippen LogP contribution in [0.25, 0.3) is 11.1 Å². The van der Waals surface area contributed by atoms with E-state index >= 15 is 0 Å². The third-order valence-corrected chi connectivity index (χ3v) is 2.71. The highest BCUT2D eigenvalue weighted by molar-refractivity contribution is 6.33. The summed E-state index contributed by atoms with van der Waals surface area (Å²) in [5, 5.41) is 0.670. The maximum atomic E-state index is 6.17. The number of ether oxygens (including phenoxy) is 1. The van der Waals surface area contributed by atoms with Crippen LogP contribution in [0.1, 0.15) is 0 Å². The van der Waals surface area contributed by atoms with Gasteiger partial charge in [-0.15, -0.1) is 0 Å². The molecule has 0 atom stereocenters. The van der Waals surface area contributed by atoms with Crippen LogP contribution in [-0.2, 0) is 0 Å². The Bertz CT molecular complexity index is 494. The van der Waals surface area contributed by atoms with Crippen molar-refractivity contribution in [2.45, 2.75) is 0 Å². The van der Waals surface area contributed by atoms with Gasteiger partial charge in [-0.3, -0.25) is 0 Å². The summed E-state index contributed by atoms with van der Waals surface area (Å²) in [4.78, 5) is 0. The van der Waals surface area contributed by atoms with E-state index in [-0.39, 0.29) is 0 Å². The number of methoxy groups -OCH3 is 1. The Kier molecular flexibility index (Phi) is 3.02. The molecule has 2 N–H and O–H groups in total. The number of anilines is 1. The van der Waals surface area contributed by atoms with E-state index < -0.39 is 0 Å². The fourth-order valence-corrected chi connectivity index (χ4v) is 1.88. The summed E-state index contributed by atoms with van der Waals surface area (Å²) in [7, 11) is 1.63. The van der Waals surface area contributed by atoms with Gasteiger partial charge in [-0.25, -0.2) is 0 Å². The maximum Gasteiger partial charge on any atom is 0.128 e. The lowest BCUT2D eigenvalue weighted by Crippen LogP contribution is -1.89. The summed E-state index contributed by atoms with van der Waals surface area (Å²) in [5.74, 6) is 0.761. The van der Waals surface area contributed by atoms with Crippen LogP contribution in [0.4, 0.5) is 5.69 Å². The molecule has 16 heavy (non-hydrogen) atoms. The largest absolute Gasteiger partial charge is 0.496 e. The topological polar surface area (TPSA) is 35.2 Å². The smallest absolute Gasteiger partial charge is 0.128 e. The standard InChI is InChI=1S/C13H12ClNO/c1-16-12-4-2-3-11(14)13(12)9-5-7-10(15)8-6-9/h2-8H,15H2,1H3. The summed E-state index contributed by atoms with van der Waals surface area (Å²) < 4.78 is 5.30. The fourth-order valence-electron chi connectivity index (χ4n) is 1.60. The Labute approximate surface area is 99.6 Å². The molecule has 2 nitrogen and oxygen atoms in total. The minimum atomic E-state index is 0.670. The van der Waals surface area contributed by atoms with E-state index in [2.05, 4.69) is 0 Å². The molecule has 2 aromatic rings. The summed E-state index contributed by atoms with van der Waals surface area (Å²) >= 11 is 6.17. The van der Waals surface area contributed by atoms with Crippen LogP contribution in [0.3, 0.4) is 0 Å². The third kappa shape index (κ3) is 1.97.